The molecule has 0 unspecified atom stereocenters. The van der Waals surface area contributed by atoms with E-state index in [1.54, 1.807) is 5.57 Å². The molecule has 0 radical (unpaired) electrons. The first kappa shape index (κ1) is 21.3. The van der Waals surface area contributed by atoms with Crippen LogP contribution in [0.2, 0.25) is 0 Å². The summed E-state index contributed by atoms with van der Waals surface area (Å²) in [6, 6.07) is 0. The maximum Gasteiger partial charge on any atom is 0.0373 e. The van der Waals surface area contributed by atoms with E-state index < -0.39 is 0 Å². The van der Waals surface area contributed by atoms with Crippen molar-refractivity contribution in [3.05, 3.63) is 11.6 Å². The summed E-state index contributed by atoms with van der Waals surface area (Å²) >= 11 is 6.56. The highest BCUT2D eigenvalue weighted by Crippen LogP contribution is 2.67. The van der Waals surface area contributed by atoms with E-state index in [-0.39, 0.29) is 0 Å². The fraction of sp³-hybridized carbons (Fsp3) is 0.926. The van der Waals surface area contributed by atoms with Crippen molar-refractivity contribution in [2.75, 3.05) is 0 Å². The van der Waals surface area contributed by atoms with Crippen molar-refractivity contribution in [3.63, 3.8) is 0 Å². The molecule has 0 heterocycles. The summed E-state index contributed by atoms with van der Waals surface area (Å²) < 4.78 is 0. The molecule has 0 nitrogen and oxygen atoms in total. The molecule has 4 aliphatic carbocycles. The Morgan fingerprint density at radius 3 is 2.54 bits per heavy atom. The average Bonchev–Trinajstić information content (AvgIpc) is 2.99. The first-order valence-electron chi connectivity index (χ1n) is 12.6. The molecule has 0 aromatic heterocycles. The highest BCUT2D eigenvalue weighted by molar-refractivity contribution is 6.20. The molecule has 0 spiro atoms. The lowest BCUT2D eigenvalue weighted by atomic mass is 9.47. The molecule has 0 aliphatic heterocycles. The number of halogens is 1. The van der Waals surface area contributed by atoms with Crippen LogP contribution in [0, 0.1) is 46.3 Å². The third-order valence-corrected chi connectivity index (χ3v) is 10.6. The predicted octanol–water partition coefficient (Wildman–Crippen LogP) is 8.64. The van der Waals surface area contributed by atoms with Gasteiger partial charge in [-0.15, -0.1) is 11.6 Å². The van der Waals surface area contributed by atoms with Gasteiger partial charge in [-0.3, -0.25) is 0 Å². The van der Waals surface area contributed by atoms with Gasteiger partial charge in [0.1, 0.15) is 0 Å². The number of hydrogen-bond acceptors (Lipinski definition) is 0. The van der Waals surface area contributed by atoms with Crippen LogP contribution in [0.1, 0.15) is 105 Å². The van der Waals surface area contributed by atoms with Crippen LogP contribution in [0.4, 0.5) is 0 Å². The minimum atomic E-state index is 0.396. The molecule has 4 rings (SSSR count). The van der Waals surface area contributed by atoms with E-state index in [0.29, 0.717) is 16.2 Å². The van der Waals surface area contributed by atoms with Crippen LogP contribution in [0.25, 0.3) is 0 Å². The van der Waals surface area contributed by atoms with Crippen molar-refractivity contribution in [2.45, 2.75) is 111 Å². The predicted molar refractivity (Wildman–Crippen MR) is 123 cm³/mol. The topological polar surface area (TPSA) is 0 Å². The van der Waals surface area contributed by atoms with Gasteiger partial charge in [0.2, 0.25) is 0 Å². The van der Waals surface area contributed by atoms with Crippen LogP contribution in [-0.2, 0) is 0 Å². The monoisotopic (exact) mass is 404 g/mol. The van der Waals surface area contributed by atoms with Crippen molar-refractivity contribution in [2.24, 2.45) is 46.3 Å². The lowest BCUT2D eigenvalue weighted by Crippen LogP contribution is -2.50. The Hall–Kier alpha value is 0.0300. The average molecular weight is 405 g/mol. The molecule has 1 heteroatoms. The second-order valence-electron chi connectivity index (χ2n) is 12.1. The molecule has 0 amide bonds. The smallest absolute Gasteiger partial charge is 0.0373 e. The first-order valence-corrected chi connectivity index (χ1v) is 13.0. The molecule has 0 bridgehead atoms. The third-order valence-electron chi connectivity index (χ3n) is 10.2. The molecular formula is C27H45Cl. The highest BCUT2D eigenvalue weighted by Gasteiger charge is 2.58. The van der Waals surface area contributed by atoms with E-state index in [1.807, 2.05) is 0 Å². The van der Waals surface area contributed by atoms with Gasteiger partial charge in [-0.2, -0.15) is 0 Å². The number of alkyl halides is 1. The fourth-order valence-corrected chi connectivity index (χ4v) is 8.92. The van der Waals surface area contributed by atoms with E-state index in [1.165, 1.54) is 70.6 Å². The maximum atomic E-state index is 6.56. The van der Waals surface area contributed by atoms with Crippen molar-refractivity contribution in [1.29, 1.82) is 0 Å². The largest absolute Gasteiger partial charge is 0.123 e. The minimum absolute atomic E-state index is 0.396. The van der Waals surface area contributed by atoms with Crippen LogP contribution in [0.3, 0.4) is 0 Å². The maximum absolute atomic E-state index is 6.56. The van der Waals surface area contributed by atoms with Gasteiger partial charge in [0.25, 0.3) is 0 Å². The summed E-state index contributed by atoms with van der Waals surface area (Å²) in [6.45, 7) is 12.7. The molecule has 0 N–H and O–H groups in total. The van der Waals surface area contributed by atoms with Gasteiger partial charge in [-0.25, -0.2) is 0 Å². The van der Waals surface area contributed by atoms with Crippen molar-refractivity contribution < 1.29 is 0 Å². The summed E-state index contributed by atoms with van der Waals surface area (Å²) in [7, 11) is 0. The van der Waals surface area contributed by atoms with Gasteiger partial charge in [0.05, 0.1) is 0 Å². The number of rotatable bonds is 5. The fourth-order valence-electron chi connectivity index (χ4n) is 8.64. The lowest BCUT2D eigenvalue weighted by Gasteiger charge is -2.58. The minimum Gasteiger partial charge on any atom is -0.123 e. The molecule has 160 valence electrons. The second-order valence-corrected chi connectivity index (χ2v) is 12.7. The normalized spacial score (nSPS) is 46.5. The van der Waals surface area contributed by atoms with Gasteiger partial charge in [-0.1, -0.05) is 65.5 Å². The van der Waals surface area contributed by atoms with E-state index in [9.17, 15) is 0 Å². The molecule has 8 atom stereocenters. The van der Waals surface area contributed by atoms with E-state index >= 15 is 0 Å². The number of hydrogen-bond donors (Lipinski definition) is 0. The zero-order valence-corrected chi connectivity index (χ0v) is 20.0. The Morgan fingerprint density at radius 2 is 1.79 bits per heavy atom. The Kier molecular flexibility index (Phi) is 6.03. The zero-order chi connectivity index (χ0) is 20.1. The zero-order valence-electron chi connectivity index (χ0n) is 19.3. The van der Waals surface area contributed by atoms with Crippen molar-refractivity contribution in [3.8, 4) is 0 Å². The third kappa shape index (κ3) is 3.52. The van der Waals surface area contributed by atoms with Gasteiger partial charge < -0.3 is 0 Å². The Balaban J connectivity index is 1.49. The quantitative estimate of drug-likeness (QED) is 0.317. The molecule has 4 aliphatic rings. The highest BCUT2D eigenvalue weighted by atomic mass is 35.5. The van der Waals surface area contributed by atoms with E-state index in [4.69, 9.17) is 11.6 Å². The molecular weight excluding hydrogens is 360 g/mol. The number of allylic oxidation sites excluding steroid dienone is 2. The standard InChI is InChI=1S/C27H45Cl/c1-18(2)7-6-8-19(3)23-11-12-24-22-10-9-20-17-21(28)13-15-26(20,4)25(22)14-16-27(23,24)5/h9,18-19,21-25H,6-8,10-17H2,1-5H3/t19-,21+,22+,23-,24+,25-,26+,27-/m1/s1. The summed E-state index contributed by atoms with van der Waals surface area (Å²) in [5.74, 6) is 5.62. The molecule has 3 fully saturated rings. The Labute approximate surface area is 180 Å². The molecule has 0 aromatic carbocycles. The summed E-state index contributed by atoms with van der Waals surface area (Å²) in [5, 5.41) is 0.396. The molecule has 28 heavy (non-hydrogen) atoms. The summed E-state index contributed by atoms with van der Waals surface area (Å²) in [6.07, 6.45) is 18.0. The van der Waals surface area contributed by atoms with Crippen LogP contribution in [0.15, 0.2) is 11.6 Å². The molecule has 0 aromatic rings. The lowest BCUT2D eigenvalue weighted by molar-refractivity contribution is -0.0498. The van der Waals surface area contributed by atoms with Gasteiger partial charge in [-0.05, 0) is 97.7 Å². The number of fused-ring (bicyclic) bond motifs is 5. The van der Waals surface area contributed by atoms with Gasteiger partial charge in [0.15, 0.2) is 0 Å². The van der Waals surface area contributed by atoms with Crippen LogP contribution in [0.5, 0.6) is 0 Å². The first-order chi connectivity index (χ1) is 13.3. The Bertz CT molecular complexity index is 591. The summed E-state index contributed by atoms with van der Waals surface area (Å²) in [4.78, 5) is 0. The molecule has 0 saturated heterocycles. The van der Waals surface area contributed by atoms with Gasteiger partial charge >= 0.3 is 0 Å². The van der Waals surface area contributed by atoms with Crippen molar-refractivity contribution >= 4 is 11.6 Å². The van der Waals surface area contributed by atoms with E-state index in [2.05, 4.69) is 40.7 Å². The van der Waals surface area contributed by atoms with Gasteiger partial charge in [0, 0.05) is 5.38 Å². The van der Waals surface area contributed by atoms with Crippen LogP contribution >= 0.6 is 11.6 Å². The Morgan fingerprint density at radius 1 is 1.00 bits per heavy atom. The summed E-state index contributed by atoms with van der Waals surface area (Å²) in [5.41, 5.74) is 2.82. The van der Waals surface area contributed by atoms with Crippen LogP contribution in [-0.4, -0.2) is 5.38 Å². The van der Waals surface area contributed by atoms with Crippen LogP contribution < -0.4 is 0 Å². The molecule has 3 saturated carbocycles. The SMILES string of the molecule is CC(C)CCC[C@@H](C)[C@H]1CC[C@H]2[C@@H]3CC=C4C[C@@H](Cl)CC[C@]4(C)[C@@H]3CC[C@]12C. The van der Waals surface area contributed by atoms with E-state index in [0.717, 1.165) is 35.5 Å². The van der Waals surface area contributed by atoms with Crippen molar-refractivity contribution in [1.82, 2.24) is 0 Å². The second kappa shape index (κ2) is 7.94.